The van der Waals surface area contributed by atoms with Crippen LogP contribution in [0.1, 0.15) is 39.8 Å². The molecule has 1 amide bonds. The van der Waals surface area contributed by atoms with E-state index < -0.39 is 0 Å². The number of rotatable bonds is 6. The number of para-hydroxylation sites is 1. The zero-order valence-corrected chi connectivity index (χ0v) is 17.7. The van der Waals surface area contributed by atoms with Crippen molar-refractivity contribution < 1.29 is 9.53 Å². The minimum atomic E-state index is -0.0919. The molecule has 1 aromatic heterocycles. The second kappa shape index (κ2) is 9.04. The lowest BCUT2D eigenvalue weighted by atomic mass is 10.1. The Morgan fingerprint density at radius 2 is 1.71 bits per heavy atom. The minimum absolute atomic E-state index is 0.0880. The summed E-state index contributed by atoms with van der Waals surface area (Å²) < 4.78 is 7.45. The highest BCUT2D eigenvalue weighted by molar-refractivity contribution is 5.94. The molecule has 31 heavy (non-hydrogen) atoms. The number of nitrogens with zero attached hydrogens (tertiary/aromatic N) is 3. The molecule has 2 aromatic carbocycles. The maximum absolute atomic E-state index is 13.4. The summed E-state index contributed by atoms with van der Waals surface area (Å²) in [6, 6.07) is 20.2. The molecule has 1 aliphatic heterocycles. The van der Waals surface area contributed by atoms with Gasteiger partial charge in [0.2, 0.25) is 0 Å². The molecule has 0 spiro atoms. The maximum atomic E-state index is 13.4. The SMILES string of the molecule is O=C(N[C@H](CN1CCOCC1)c1ccccc1)c1nn(-c2ccccc2)c2c1CCC2. The molecular weight excluding hydrogens is 388 g/mol. The highest BCUT2D eigenvalue weighted by Gasteiger charge is 2.29. The Hall–Kier alpha value is -2.96. The average Bonchev–Trinajstić information content (AvgIpc) is 3.43. The molecule has 1 atom stereocenters. The van der Waals surface area contributed by atoms with E-state index in [2.05, 4.69) is 22.3 Å². The van der Waals surface area contributed by atoms with Crippen molar-refractivity contribution in [3.05, 3.63) is 83.2 Å². The predicted molar refractivity (Wildman–Crippen MR) is 119 cm³/mol. The third-order valence-corrected chi connectivity index (χ3v) is 6.20. The van der Waals surface area contributed by atoms with Crippen LogP contribution >= 0.6 is 0 Å². The van der Waals surface area contributed by atoms with Crippen molar-refractivity contribution in [3.8, 4) is 5.69 Å². The molecule has 1 fully saturated rings. The van der Waals surface area contributed by atoms with E-state index in [-0.39, 0.29) is 11.9 Å². The zero-order valence-electron chi connectivity index (χ0n) is 17.7. The van der Waals surface area contributed by atoms with Crippen molar-refractivity contribution >= 4 is 5.91 Å². The van der Waals surface area contributed by atoms with Crippen LogP contribution in [0.2, 0.25) is 0 Å². The number of amides is 1. The van der Waals surface area contributed by atoms with Crippen LogP contribution in [0.3, 0.4) is 0 Å². The summed E-state index contributed by atoms with van der Waals surface area (Å²) in [6.45, 7) is 4.02. The molecule has 3 aromatic rings. The van der Waals surface area contributed by atoms with Crippen LogP contribution in [-0.4, -0.2) is 53.4 Å². The molecule has 1 N–H and O–H groups in total. The highest BCUT2D eigenvalue weighted by Crippen LogP contribution is 2.28. The van der Waals surface area contributed by atoms with Gasteiger partial charge in [-0.2, -0.15) is 5.10 Å². The van der Waals surface area contributed by atoms with Crippen LogP contribution in [0.15, 0.2) is 60.7 Å². The van der Waals surface area contributed by atoms with Gasteiger partial charge in [0.15, 0.2) is 5.69 Å². The molecule has 0 radical (unpaired) electrons. The van der Waals surface area contributed by atoms with E-state index in [0.717, 1.165) is 68.9 Å². The molecule has 0 bridgehead atoms. The summed E-state index contributed by atoms with van der Waals surface area (Å²) in [7, 11) is 0. The number of carbonyl (C=O) groups is 1. The topological polar surface area (TPSA) is 59.4 Å². The monoisotopic (exact) mass is 416 g/mol. The fourth-order valence-electron chi connectivity index (χ4n) is 4.59. The van der Waals surface area contributed by atoms with Crippen molar-refractivity contribution in [2.75, 3.05) is 32.8 Å². The number of morpholine rings is 1. The van der Waals surface area contributed by atoms with Crippen molar-refractivity contribution in [1.29, 1.82) is 0 Å². The van der Waals surface area contributed by atoms with Crippen LogP contribution < -0.4 is 5.32 Å². The summed E-state index contributed by atoms with van der Waals surface area (Å²) >= 11 is 0. The third kappa shape index (κ3) is 4.27. The highest BCUT2D eigenvalue weighted by atomic mass is 16.5. The molecular formula is C25H28N4O2. The summed E-state index contributed by atoms with van der Waals surface area (Å²) in [5.41, 5.74) is 4.95. The summed E-state index contributed by atoms with van der Waals surface area (Å²) in [4.78, 5) is 15.8. The first-order valence-electron chi connectivity index (χ1n) is 11.1. The molecule has 0 saturated carbocycles. The lowest BCUT2D eigenvalue weighted by Crippen LogP contribution is -2.43. The number of hydrogen-bond donors (Lipinski definition) is 1. The second-order valence-corrected chi connectivity index (χ2v) is 8.22. The zero-order chi connectivity index (χ0) is 21.0. The van der Waals surface area contributed by atoms with Crippen LogP contribution in [0.25, 0.3) is 5.69 Å². The van der Waals surface area contributed by atoms with Gasteiger partial charge in [0.05, 0.1) is 24.9 Å². The normalized spacial score (nSPS) is 17.3. The van der Waals surface area contributed by atoms with Gasteiger partial charge in [0.25, 0.3) is 5.91 Å². The maximum Gasteiger partial charge on any atom is 0.272 e. The Kier molecular flexibility index (Phi) is 5.82. The van der Waals surface area contributed by atoms with Gasteiger partial charge >= 0.3 is 0 Å². The lowest BCUT2D eigenvalue weighted by Gasteiger charge is -2.31. The van der Waals surface area contributed by atoms with Crippen molar-refractivity contribution in [3.63, 3.8) is 0 Å². The summed E-state index contributed by atoms with van der Waals surface area (Å²) in [5.74, 6) is -0.0880. The van der Waals surface area contributed by atoms with Crippen LogP contribution in [-0.2, 0) is 17.6 Å². The van der Waals surface area contributed by atoms with Gasteiger partial charge in [0, 0.05) is 30.9 Å². The Labute approximate surface area is 182 Å². The van der Waals surface area contributed by atoms with Crippen molar-refractivity contribution in [2.24, 2.45) is 0 Å². The van der Waals surface area contributed by atoms with E-state index >= 15 is 0 Å². The van der Waals surface area contributed by atoms with E-state index in [0.29, 0.717) is 5.69 Å². The first-order chi connectivity index (χ1) is 15.3. The number of nitrogens with one attached hydrogen (secondary N) is 1. The van der Waals surface area contributed by atoms with Crippen LogP contribution in [0.5, 0.6) is 0 Å². The molecule has 6 heteroatoms. The number of ether oxygens (including phenoxy) is 1. The largest absolute Gasteiger partial charge is 0.379 e. The fourth-order valence-corrected chi connectivity index (χ4v) is 4.59. The molecule has 160 valence electrons. The Bertz CT molecular complexity index is 1030. The van der Waals surface area contributed by atoms with Crippen molar-refractivity contribution in [1.82, 2.24) is 20.0 Å². The number of benzene rings is 2. The molecule has 5 rings (SSSR count). The number of aromatic nitrogens is 2. The quantitative estimate of drug-likeness (QED) is 0.671. The van der Waals surface area contributed by atoms with Crippen LogP contribution in [0.4, 0.5) is 0 Å². The van der Waals surface area contributed by atoms with E-state index in [1.165, 1.54) is 5.69 Å². The smallest absolute Gasteiger partial charge is 0.272 e. The van der Waals surface area contributed by atoms with Crippen molar-refractivity contribution in [2.45, 2.75) is 25.3 Å². The number of hydrogen-bond acceptors (Lipinski definition) is 4. The van der Waals surface area contributed by atoms with E-state index in [9.17, 15) is 4.79 Å². The van der Waals surface area contributed by atoms with Gasteiger partial charge in [-0.15, -0.1) is 0 Å². The van der Waals surface area contributed by atoms with Gasteiger partial charge in [-0.05, 0) is 37.0 Å². The molecule has 6 nitrogen and oxygen atoms in total. The van der Waals surface area contributed by atoms with Gasteiger partial charge < -0.3 is 10.1 Å². The van der Waals surface area contributed by atoms with Gasteiger partial charge in [-0.1, -0.05) is 48.5 Å². The number of carbonyl (C=O) groups excluding carboxylic acids is 1. The molecule has 0 unspecified atom stereocenters. The molecule has 1 aliphatic carbocycles. The lowest BCUT2D eigenvalue weighted by molar-refractivity contribution is 0.0332. The first kappa shape index (κ1) is 20.0. The van der Waals surface area contributed by atoms with Gasteiger partial charge in [0.1, 0.15) is 0 Å². The van der Waals surface area contributed by atoms with E-state index in [1.54, 1.807) is 0 Å². The van der Waals surface area contributed by atoms with E-state index in [4.69, 9.17) is 9.84 Å². The standard InChI is InChI=1S/C25H28N4O2/c30-25(24-21-12-7-13-23(21)29(27-24)20-10-5-2-6-11-20)26-22(19-8-3-1-4-9-19)18-28-14-16-31-17-15-28/h1-6,8-11,22H,7,12-18H2,(H,26,30)/t22-/m1/s1. The Balaban J connectivity index is 1.42. The third-order valence-electron chi connectivity index (χ3n) is 6.20. The number of fused-ring (bicyclic) bond motifs is 1. The minimum Gasteiger partial charge on any atom is -0.379 e. The average molecular weight is 417 g/mol. The summed E-state index contributed by atoms with van der Waals surface area (Å²) in [5, 5.41) is 8.06. The summed E-state index contributed by atoms with van der Waals surface area (Å²) in [6.07, 6.45) is 2.93. The van der Waals surface area contributed by atoms with Gasteiger partial charge in [-0.25, -0.2) is 4.68 Å². The molecule has 1 saturated heterocycles. The van der Waals surface area contributed by atoms with E-state index in [1.807, 2.05) is 53.2 Å². The molecule has 2 aliphatic rings. The fraction of sp³-hybridized carbons (Fsp3) is 0.360. The Morgan fingerprint density at radius 3 is 2.45 bits per heavy atom. The Morgan fingerprint density at radius 1 is 1.00 bits per heavy atom. The van der Waals surface area contributed by atoms with Crippen LogP contribution in [0, 0.1) is 0 Å². The predicted octanol–water partition coefficient (Wildman–Crippen LogP) is 3.16. The first-order valence-corrected chi connectivity index (χ1v) is 11.1. The second-order valence-electron chi connectivity index (χ2n) is 8.22. The van der Waals surface area contributed by atoms with Gasteiger partial charge in [-0.3, -0.25) is 9.69 Å². The molecule has 2 heterocycles.